The Hall–Kier alpha value is -2.32. The number of nitrogens with one attached hydrogen (secondary N) is 1. The van der Waals surface area contributed by atoms with Gasteiger partial charge in [0.2, 0.25) is 5.91 Å². The minimum atomic E-state index is -0.727. The number of nitrogens with zero attached hydrogens (tertiary/aromatic N) is 1. The lowest BCUT2D eigenvalue weighted by atomic mass is 10.1. The molecule has 1 N–H and O–H groups in total. The summed E-state index contributed by atoms with van der Waals surface area (Å²) in [6.07, 6.45) is 1.48. The van der Waals surface area contributed by atoms with Crippen LogP contribution in [0.2, 0.25) is 0 Å². The van der Waals surface area contributed by atoms with Gasteiger partial charge in [-0.05, 0) is 12.1 Å². The van der Waals surface area contributed by atoms with Gasteiger partial charge in [0.1, 0.15) is 11.6 Å². The summed E-state index contributed by atoms with van der Waals surface area (Å²) < 4.78 is 43.5. The lowest BCUT2D eigenvalue weighted by Gasteiger charge is -2.22. The SMILES string of the molecule is O=C(CCc1ncc(-c2c(F)cccc2F)o1)NC[C@H]1COCCO1. The van der Waals surface area contributed by atoms with Crippen molar-refractivity contribution in [2.45, 2.75) is 18.9 Å². The summed E-state index contributed by atoms with van der Waals surface area (Å²) in [4.78, 5) is 15.8. The van der Waals surface area contributed by atoms with Crippen LogP contribution in [0.4, 0.5) is 8.78 Å². The van der Waals surface area contributed by atoms with E-state index in [4.69, 9.17) is 13.9 Å². The third-order valence-electron chi connectivity index (χ3n) is 3.74. The second kappa shape index (κ2) is 8.17. The zero-order valence-corrected chi connectivity index (χ0v) is 13.5. The van der Waals surface area contributed by atoms with Crippen molar-refractivity contribution >= 4 is 5.91 Å². The molecule has 3 rings (SSSR count). The molecule has 25 heavy (non-hydrogen) atoms. The highest BCUT2D eigenvalue weighted by molar-refractivity contribution is 5.76. The van der Waals surface area contributed by atoms with E-state index in [9.17, 15) is 13.6 Å². The van der Waals surface area contributed by atoms with Gasteiger partial charge in [0.05, 0.1) is 37.7 Å². The van der Waals surface area contributed by atoms with Gasteiger partial charge in [-0.1, -0.05) is 6.07 Å². The van der Waals surface area contributed by atoms with Crippen LogP contribution in [0.5, 0.6) is 0 Å². The number of benzene rings is 1. The molecule has 1 saturated heterocycles. The summed E-state index contributed by atoms with van der Waals surface area (Å²) in [6.45, 7) is 1.92. The van der Waals surface area contributed by atoms with Crippen molar-refractivity contribution < 1.29 is 27.5 Å². The molecule has 8 heteroatoms. The molecule has 2 aromatic rings. The van der Waals surface area contributed by atoms with Gasteiger partial charge in [-0.2, -0.15) is 0 Å². The highest BCUT2D eigenvalue weighted by Gasteiger charge is 2.17. The Labute approximate surface area is 143 Å². The number of hydrogen-bond acceptors (Lipinski definition) is 5. The molecule has 1 aromatic heterocycles. The van der Waals surface area contributed by atoms with E-state index in [1.807, 2.05) is 0 Å². The lowest BCUT2D eigenvalue weighted by molar-refractivity contribution is -0.124. The summed E-state index contributed by atoms with van der Waals surface area (Å²) in [6, 6.07) is 3.56. The molecule has 2 heterocycles. The summed E-state index contributed by atoms with van der Waals surface area (Å²) >= 11 is 0. The van der Waals surface area contributed by atoms with E-state index < -0.39 is 11.6 Å². The number of aromatic nitrogens is 1. The third-order valence-corrected chi connectivity index (χ3v) is 3.74. The molecular formula is C17H18F2N2O4. The molecule has 0 aliphatic carbocycles. The normalized spacial score (nSPS) is 17.4. The van der Waals surface area contributed by atoms with Gasteiger partial charge >= 0.3 is 0 Å². The second-order valence-electron chi connectivity index (χ2n) is 5.59. The average molecular weight is 352 g/mol. The third kappa shape index (κ3) is 4.61. The Bertz CT molecular complexity index is 709. The largest absolute Gasteiger partial charge is 0.441 e. The van der Waals surface area contributed by atoms with E-state index in [2.05, 4.69) is 10.3 Å². The van der Waals surface area contributed by atoms with E-state index in [1.54, 1.807) is 0 Å². The molecule has 6 nitrogen and oxygen atoms in total. The quantitative estimate of drug-likeness (QED) is 0.862. The van der Waals surface area contributed by atoms with Gasteiger partial charge in [0, 0.05) is 19.4 Å². The summed E-state index contributed by atoms with van der Waals surface area (Å²) in [7, 11) is 0. The highest BCUT2D eigenvalue weighted by atomic mass is 19.1. The Morgan fingerprint density at radius 3 is 2.80 bits per heavy atom. The van der Waals surface area contributed by atoms with Crippen molar-refractivity contribution in [2.75, 3.05) is 26.4 Å². The first-order valence-electron chi connectivity index (χ1n) is 7.98. The second-order valence-corrected chi connectivity index (χ2v) is 5.59. The molecule has 0 spiro atoms. The number of oxazole rings is 1. The molecule has 0 bridgehead atoms. The van der Waals surface area contributed by atoms with Crippen molar-refractivity contribution in [1.29, 1.82) is 0 Å². The van der Waals surface area contributed by atoms with E-state index in [-0.39, 0.29) is 42.1 Å². The standard InChI is InChI=1S/C17H18F2N2O4/c18-12-2-1-3-13(19)17(12)14-9-21-16(25-14)5-4-15(22)20-8-11-10-23-6-7-24-11/h1-3,9,11H,4-8,10H2,(H,20,22)/t11-/m0/s1. The van der Waals surface area contributed by atoms with Crippen molar-refractivity contribution in [3.63, 3.8) is 0 Å². The molecule has 1 amide bonds. The van der Waals surface area contributed by atoms with Crippen LogP contribution in [0.1, 0.15) is 12.3 Å². The first-order valence-corrected chi connectivity index (χ1v) is 7.98. The van der Waals surface area contributed by atoms with Crippen molar-refractivity contribution in [3.8, 4) is 11.3 Å². The van der Waals surface area contributed by atoms with Crippen LogP contribution in [-0.4, -0.2) is 43.4 Å². The van der Waals surface area contributed by atoms with E-state index >= 15 is 0 Å². The topological polar surface area (TPSA) is 73.6 Å². The highest BCUT2D eigenvalue weighted by Crippen LogP contribution is 2.26. The zero-order chi connectivity index (χ0) is 17.6. The van der Waals surface area contributed by atoms with Gasteiger partial charge in [0.25, 0.3) is 0 Å². The molecule has 0 radical (unpaired) electrons. The van der Waals surface area contributed by atoms with E-state index in [1.165, 1.54) is 12.3 Å². The van der Waals surface area contributed by atoms with Crippen molar-refractivity contribution in [2.24, 2.45) is 0 Å². The maximum absolute atomic E-state index is 13.7. The Balaban J connectivity index is 1.50. The smallest absolute Gasteiger partial charge is 0.220 e. The summed E-state index contributed by atoms with van der Waals surface area (Å²) in [5.74, 6) is -1.40. The van der Waals surface area contributed by atoms with Crippen LogP contribution in [-0.2, 0) is 20.7 Å². The zero-order valence-electron chi connectivity index (χ0n) is 13.5. The number of carbonyl (C=O) groups excluding carboxylic acids is 1. The Kier molecular flexibility index (Phi) is 5.72. The monoisotopic (exact) mass is 352 g/mol. The average Bonchev–Trinajstić information content (AvgIpc) is 3.07. The number of hydrogen-bond donors (Lipinski definition) is 1. The van der Waals surface area contributed by atoms with Crippen LogP contribution in [0.25, 0.3) is 11.3 Å². The summed E-state index contributed by atoms with van der Waals surface area (Å²) in [5.41, 5.74) is -0.264. The maximum Gasteiger partial charge on any atom is 0.220 e. The predicted octanol–water partition coefficient (Wildman–Crippen LogP) is 2.08. The number of aryl methyl sites for hydroxylation is 1. The minimum absolute atomic E-state index is 0.00115. The first-order chi connectivity index (χ1) is 12.1. The fourth-order valence-corrected chi connectivity index (χ4v) is 2.47. The van der Waals surface area contributed by atoms with Gasteiger partial charge in [-0.3, -0.25) is 4.79 Å². The van der Waals surface area contributed by atoms with Gasteiger partial charge < -0.3 is 19.2 Å². The number of rotatable bonds is 6. The maximum atomic E-state index is 13.7. The van der Waals surface area contributed by atoms with Crippen LogP contribution in [0, 0.1) is 11.6 Å². The molecular weight excluding hydrogens is 334 g/mol. The van der Waals surface area contributed by atoms with Crippen molar-refractivity contribution in [3.05, 3.63) is 41.9 Å². The predicted molar refractivity (Wildman–Crippen MR) is 83.7 cm³/mol. The molecule has 1 aliphatic rings. The van der Waals surface area contributed by atoms with Gasteiger partial charge in [-0.25, -0.2) is 13.8 Å². The molecule has 0 saturated carbocycles. The molecule has 1 atom stereocenters. The summed E-state index contributed by atoms with van der Waals surface area (Å²) in [5, 5.41) is 2.75. The fourth-order valence-electron chi connectivity index (χ4n) is 2.47. The first kappa shape index (κ1) is 17.5. The number of ether oxygens (including phenoxy) is 2. The van der Waals surface area contributed by atoms with Crippen LogP contribution < -0.4 is 5.32 Å². The van der Waals surface area contributed by atoms with E-state index in [0.29, 0.717) is 26.4 Å². The molecule has 134 valence electrons. The molecule has 1 fully saturated rings. The number of carbonyl (C=O) groups is 1. The molecule has 0 unspecified atom stereocenters. The minimum Gasteiger partial charge on any atom is -0.441 e. The Morgan fingerprint density at radius 2 is 2.08 bits per heavy atom. The van der Waals surface area contributed by atoms with Crippen LogP contribution >= 0.6 is 0 Å². The van der Waals surface area contributed by atoms with E-state index in [0.717, 1.165) is 12.1 Å². The number of amides is 1. The molecule has 1 aliphatic heterocycles. The van der Waals surface area contributed by atoms with Crippen LogP contribution in [0.3, 0.4) is 0 Å². The van der Waals surface area contributed by atoms with Crippen LogP contribution in [0.15, 0.2) is 28.8 Å². The van der Waals surface area contributed by atoms with Gasteiger partial charge in [0.15, 0.2) is 11.7 Å². The molecule has 1 aromatic carbocycles. The van der Waals surface area contributed by atoms with Crippen molar-refractivity contribution in [1.82, 2.24) is 10.3 Å². The number of halogens is 2. The fraction of sp³-hybridized carbons (Fsp3) is 0.412. The lowest BCUT2D eigenvalue weighted by Crippen LogP contribution is -2.39. The van der Waals surface area contributed by atoms with Gasteiger partial charge in [-0.15, -0.1) is 0 Å². The Morgan fingerprint density at radius 1 is 1.28 bits per heavy atom.